The first kappa shape index (κ1) is 15.5. The molecule has 0 bridgehead atoms. The lowest BCUT2D eigenvalue weighted by Gasteiger charge is -2.08. The summed E-state index contributed by atoms with van der Waals surface area (Å²) < 4.78 is 5.79. The maximum Gasteiger partial charge on any atom is 0.277 e. The van der Waals surface area contributed by atoms with Crippen molar-refractivity contribution in [2.75, 3.05) is 0 Å². The van der Waals surface area contributed by atoms with Crippen molar-refractivity contribution in [3.63, 3.8) is 0 Å². The first-order chi connectivity index (χ1) is 10.0. The number of aryl methyl sites for hydroxylation is 3. The van der Waals surface area contributed by atoms with E-state index in [2.05, 4.69) is 16.5 Å². The van der Waals surface area contributed by atoms with Gasteiger partial charge in [-0.2, -0.15) is 0 Å². The third-order valence-corrected chi connectivity index (χ3v) is 4.17. The van der Waals surface area contributed by atoms with Crippen LogP contribution in [0.5, 0.6) is 5.75 Å². The molecule has 0 spiro atoms. The van der Waals surface area contributed by atoms with Gasteiger partial charge in [-0.1, -0.05) is 24.6 Å². The molecular formula is C15H19N3O2S. The molecule has 1 aromatic carbocycles. The van der Waals surface area contributed by atoms with Gasteiger partial charge < -0.3 is 4.74 Å². The molecule has 0 saturated heterocycles. The second-order valence-corrected chi connectivity index (χ2v) is 5.85. The summed E-state index contributed by atoms with van der Waals surface area (Å²) >= 11 is 1.32. The molecule has 0 fully saturated rings. The molecule has 2 aromatic rings. The Morgan fingerprint density at radius 2 is 2.19 bits per heavy atom. The summed E-state index contributed by atoms with van der Waals surface area (Å²) in [5.41, 5.74) is 5.18. The molecule has 3 N–H and O–H groups in total. The van der Waals surface area contributed by atoms with E-state index in [4.69, 9.17) is 10.6 Å². The van der Waals surface area contributed by atoms with Crippen LogP contribution in [0.3, 0.4) is 0 Å². The number of rotatable bonds is 5. The monoisotopic (exact) mass is 305 g/mol. The third-order valence-electron chi connectivity index (χ3n) is 3.10. The Kier molecular flexibility index (Phi) is 4.93. The Morgan fingerprint density at radius 3 is 2.81 bits per heavy atom. The number of carbonyl (C=O) groups is 1. The number of nitrogens with zero attached hydrogens (tertiary/aromatic N) is 1. The number of thiazole rings is 1. The average molecular weight is 305 g/mol. The number of amides is 1. The van der Waals surface area contributed by atoms with Gasteiger partial charge in [0.15, 0.2) is 0 Å². The first-order valence-electron chi connectivity index (χ1n) is 6.74. The average Bonchev–Trinajstić information content (AvgIpc) is 2.89. The van der Waals surface area contributed by atoms with Gasteiger partial charge >= 0.3 is 0 Å². The number of nitrogens with two attached hydrogens (primary N) is 1. The zero-order chi connectivity index (χ0) is 15.4. The smallest absolute Gasteiger partial charge is 0.277 e. The number of benzene rings is 1. The Hall–Kier alpha value is -1.92. The van der Waals surface area contributed by atoms with E-state index in [9.17, 15) is 4.79 Å². The van der Waals surface area contributed by atoms with Gasteiger partial charge in [-0.25, -0.2) is 10.8 Å². The maximum absolute atomic E-state index is 11.7. The Bertz CT molecular complexity index is 652. The second-order valence-electron chi connectivity index (χ2n) is 4.77. The zero-order valence-electron chi connectivity index (χ0n) is 12.4. The van der Waals surface area contributed by atoms with Crippen molar-refractivity contribution >= 4 is 17.2 Å². The van der Waals surface area contributed by atoms with Crippen LogP contribution in [0.15, 0.2) is 18.2 Å². The fourth-order valence-electron chi connectivity index (χ4n) is 2.05. The summed E-state index contributed by atoms with van der Waals surface area (Å²) in [6.07, 6.45) is 0.683. The highest BCUT2D eigenvalue weighted by molar-refractivity contribution is 7.13. The predicted molar refractivity (Wildman–Crippen MR) is 83.4 cm³/mol. The molecular weight excluding hydrogens is 286 g/mol. The molecule has 0 saturated carbocycles. The third kappa shape index (κ3) is 3.59. The van der Waals surface area contributed by atoms with Gasteiger partial charge in [0.05, 0.1) is 5.69 Å². The van der Waals surface area contributed by atoms with Crippen LogP contribution < -0.4 is 16.0 Å². The van der Waals surface area contributed by atoms with Crippen LogP contribution in [0, 0.1) is 13.8 Å². The Labute approximate surface area is 128 Å². The quantitative estimate of drug-likeness (QED) is 0.505. The number of hydrazine groups is 1. The minimum atomic E-state index is -0.304. The highest BCUT2D eigenvalue weighted by Crippen LogP contribution is 2.23. The summed E-state index contributed by atoms with van der Waals surface area (Å²) in [4.78, 5) is 16.7. The summed E-state index contributed by atoms with van der Waals surface area (Å²) in [5, 5.41) is 0.769. The van der Waals surface area contributed by atoms with E-state index in [-0.39, 0.29) is 5.91 Å². The van der Waals surface area contributed by atoms with Gasteiger partial charge in [-0.3, -0.25) is 10.2 Å². The van der Waals surface area contributed by atoms with E-state index in [0.717, 1.165) is 22.0 Å². The topological polar surface area (TPSA) is 77.2 Å². The largest absolute Gasteiger partial charge is 0.486 e. The highest BCUT2D eigenvalue weighted by Gasteiger charge is 2.16. The lowest BCUT2D eigenvalue weighted by molar-refractivity contribution is 0.0956. The standard InChI is InChI=1S/C15H19N3O2S/c1-4-11-14(15(19)18-16)21-13(17-11)8-20-12-6-5-9(2)7-10(12)3/h5-7H,4,8,16H2,1-3H3,(H,18,19). The SMILES string of the molecule is CCc1nc(COc2ccc(C)cc2C)sc1C(=O)NN. The van der Waals surface area contributed by atoms with Crippen LogP contribution in [-0.4, -0.2) is 10.9 Å². The van der Waals surface area contributed by atoms with Gasteiger partial charge in [0, 0.05) is 0 Å². The van der Waals surface area contributed by atoms with Gasteiger partial charge in [-0.15, -0.1) is 11.3 Å². The lowest BCUT2D eigenvalue weighted by atomic mass is 10.1. The Balaban J connectivity index is 2.13. The van der Waals surface area contributed by atoms with Crippen LogP contribution in [0.1, 0.15) is 38.4 Å². The molecule has 1 aromatic heterocycles. The lowest BCUT2D eigenvalue weighted by Crippen LogP contribution is -2.30. The minimum Gasteiger partial charge on any atom is -0.486 e. The number of ether oxygens (including phenoxy) is 1. The van der Waals surface area contributed by atoms with E-state index in [1.54, 1.807) is 0 Å². The Morgan fingerprint density at radius 1 is 1.43 bits per heavy atom. The molecule has 0 atom stereocenters. The summed E-state index contributed by atoms with van der Waals surface area (Å²) in [5.74, 6) is 5.71. The number of hydrogen-bond acceptors (Lipinski definition) is 5. The van der Waals surface area contributed by atoms with Gasteiger partial charge in [0.1, 0.15) is 22.2 Å². The molecule has 0 aliphatic carbocycles. The molecule has 5 nitrogen and oxygen atoms in total. The van der Waals surface area contributed by atoms with Crippen molar-refractivity contribution in [3.8, 4) is 5.75 Å². The molecule has 0 aliphatic rings. The molecule has 6 heteroatoms. The van der Waals surface area contributed by atoms with Crippen LogP contribution in [0.2, 0.25) is 0 Å². The fraction of sp³-hybridized carbons (Fsp3) is 0.333. The molecule has 2 rings (SSSR count). The predicted octanol–water partition coefficient (Wildman–Crippen LogP) is 2.50. The number of carbonyl (C=O) groups excluding carboxylic acids is 1. The molecule has 0 unspecified atom stereocenters. The van der Waals surface area contributed by atoms with Crippen molar-refractivity contribution in [1.82, 2.24) is 10.4 Å². The fourth-order valence-corrected chi connectivity index (χ4v) is 3.01. The van der Waals surface area contributed by atoms with Gasteiger partial charge in [0.2, 0.25) is 0 Å². The molecule has 1 amide bonds. The van der Waals surface area contributed by atoms with Crippen molar-refractivity contribution in [3.05, 3.63) is 44.9 Å². The zero-order valence-corrected chi connectivity index (χ0v) is 13.2. The normalized spacial score (nSPS) is 10.5. The van der Waals surface area contributed by atoms with E-state index < -0.39 is 0 Å². The summed E-state index contributed by atoms with van der Waals surface area (Å²) in [6.45, 7) is 6.36. The molecule has 0 radical (unpaired) electrons. The van der Waals surface area contributed by atoms with Crippen LogP contribution in [0.4, 0.5) is 0 Å². The molecule has 1 heterocycles. The summed E-state index contributed by atoms with van der Waals surface area (Å²) in [7, 11) is 0. The minimum absolute atomic E-state index is 0.304. The van der Waals surface area contributed by atoms with E-state index in [0.29, 0.717) is 17.9 Å². The van der Waals surface area contributed by atoms with Crippen molar-refractivity contribution in [2.24, 2.45) is 5.84 Å². The molecule has 112 valence electrons. The molecule has 21 heavy (non-hydrogen) atoms. The van der Waals surface area contributed by atoms with E-state index in [1.807, 2.05) is 32.9 Å². The highest BCUT2D eigenvalue weighted by atomic mass is 32.1. The second kappa shape index (κ2) is 6.69. The van der Waals surface area contributed by atoms with E-state index >= 15 is 0 Å². The van der Waals surface area contributed by atoms with Crippen molar-refractivity contribution < 1.29 is 9.53 Å². The molecule has 0 aliphatic heterocycles. The van der Waals surface area contributed by atoms with Crippen molar-refractivity contribution in [2.45, 2.75) is 33.8 Å². The number of hydrogen-bond donors (Lipinski definition) is 2. The van der Waals surface area contributed by atoms with Crippen LogP contribution in [-0.2, 0) is 13.0 Å². The van der Waals surface area contributed by atoms with E-state index in [1.165, 1.54) is 16.9 Å². The number of nitrogen functional groups attached to an aromatic ring is 1. The van der Waals surface area contributed by atoms with Gasteiger partial charge in [0.25, 0.3) is 5.91 Å². The maximum atomic E-state index is 11.7. The number of aromatic nitrogens is 1. The van der Waals surface area contributed by atoms with Crippen LogP contribution >= 0.6 is 11.3 Å². The van der Waals surface area contributed by atoms with Crippen molar-refractivity contribution in [1.29, 1.82) is 0 Å². The van der Waals surface area contributed by atoms with Crippen LogP contribution in [0.25, 0.3) is 0 Å². The summed E-state index contributed by atoms with van der Waals surface area (Å²) in [6, 6.07) is 6.03. The number of nitrogens with one attached hydrogen (secondary N) is 1. The first-order valence-corrected chi connectivity index (χ1v) is 7.56. The van der Waals surface area contributed by atoms with Gasteiger partial charge in [-0.05, 0) is 31.9 Å².